The number of rotatable bonds is 6. The minimum absolute atomic E-state index is 0.0296. The summed E-state index contributed by atoms with van der Waals surface area (Å²) in [5.41, 5.74) is 0.604. The third kappa shape index (κ3) is 3.56. The molecule has 8 rings (SSSR count). The maximum Gasteiger partial charge on any atom is 0.316 e. The lowest BCUT2D eigenvalue weighted by Crippen LogP contribution is -2.40. The minimum atomic E-state index is -0.758. The molecule has 3 amide bonds. The van der Waals surface area contributed by atoms with Gasteiger partial charge < -0.3 is 14.4 Å². The van der Waals surface area contributed by atoms with Gasteiger partial charge in [-0.2, -0.15) is 0 Å². The van der Waals surface area contributed by atoms with Crippen LogP contribution in [0.3, 0.4) is 0 Å². The number of nitro groups is 1. The SMILES string of the molecule is COc1cc([N+](=O)[O-])ccc1N1C[C@H](C(=O)Oc2ccc(N3C(=O)[C@@H]4[C@H]5C=C[C@@H]([C@@H]6C[C@@H]56)[C@H]4C3=O)cc2)CC1=O. The number of ether oxygens (including phenoxy) is 2. The molecule has 2 aliphatic heterocycles. The van der Waals surface area contributed by atoms with E-state index in [1.165, 1.54) is 47.2 Å². The molecule has 0 radical (unpaired) electrons. The van der Waals surface area contributed by atoms with Crippen LogP contribution in [-0.4, -0.2) is 42.3 Å². The monoisotopic (exact) mass is 543 g/mol. The quantitative estimate of drug-likeness (QED) is 0.135. The number of anilines is 2. The molecule has 4 aliphatic carbocycles. The summed E-state index contributed by atoms with van der Waals surface area (Å²) in [6, 6.07) is 10.2. The molecule has 2 bridgehead atoms. The zero-order valence-electron chi connectivity index (χ0n) is 21.5. The topological polar surface area (TPSA) is 136 Å². The second kappa shape index (κ2) is 8.73. The van der Waals surface area contributed by atoms with Gasteiger partial charge in [-0.05, 0) is 60.4 Å². The summed E-state index contributed by atoms with van der Waals surface area (Å²) >= 11 is 0. The lowest BCUT2D eigenvalue weighted by atomic mass is 9.63. The highest BCUT2D eigenvalue weighted by molar-refractivity contribution is 6.22. The van der Waals surface area contributed by atoms with Crippen molar-refractivity contribution < 1.29 is 33.6 Å². The minimum Gasteiger partial charge on any atom is -0.494 e. The first-order chi connectivity index (χ1) is 19.3. The highest BCUT2D eigenvalue weighted by atomic mass is 16.6. The molecule has 0 spiro atoms. The standard InChI is InChI=1S/C29H25N3O8/c1-39-23-11-16(32(37)38)4-9-22(23)30-13-14(10-24(30)33)29(36)40-17-5-2-15(3-6-17)31-27(34)25-18-7-8-19(21-12-20(18)21)26(25)28(31)35/h2-9,11,14,18-21,25-26H,10,12-13H2,1H3/t14-,18+,19+,20+,21+,25-,26-/m1/s1. The van der Waals surface area contributed by atoms with Crippen molar-refractivity contribution >= 4 is 40.8 Å². The number of imide groups is 1. The first kappa shape index (κ1) is 24.5. The molecule has 0 N–H and O–H groups in total. The van der Waals surface area contributed by atoms with E-state index in [0.29, 0.717) is 23.2 Å². The van der Waals surface area contributed by atoms with Gasteiger partial charge in [-0.3, -0.25) is 34.2 Å². The Hall–Kier alpha value is -4.54. The van der Waals surface area contributed by atoms with Gasteiger partial charge in [-0.25, -0.2) is 0 Å². The van der Waals surface area contributed by atoms with Crippen LogP contribution in [0.1, 0.15) is 12.8 Å². The Balaban J connectivity index is 1.03. The lowest BCUT2D eigenvalue weighted by molar-refractivity contribution is -0.384. The number of allylic oxidation sites excluding steroid dienone is 2. The molecule has 11 heteroatoms. The van der Waals surface area contributed by atoms with Crippen molar-refractivity contribution in [2.45, 2.75) is 12.8 Å². The molecule has 0 unspecified atom stereocenters. The lowest BCUT2D eigenvalue weighted by Gasteiger charge is -2.37. The largest absolute Gasteiger partial charge is 0.494 e. The Kier molecular flexibility index (Phi) is 5.35. The maximum atomic E-state index is 13.3. The average Bonchev–Trinajstić information content (AvgIpc) is 3.63. The molecule has 2 saturated heterocycles. The predicted octanol–water partition coefficient (Wildman–Crippen LogP) is 3.12. The van der Waals surface area contributed by atoms with Gasteiger partial charge in [0.15, 0.2) is 0 Å². The summed E-state index contributed by atoms with van der Waals surface area (Å²) < 4.78 is 10.8. The van der Waals surface area contributed by atoms with Crippen LogP contribution >= 0.6 is 0 Å². The van der Waals surface area contributed by atoms with Crippen LogP contribution in [-0.2, 0) is 19.2 Å². The molecule has 0 aromatic heterocycles. The molecular formula is C29H25N3O8. The van der Waals surface area contributed by atoms with Gasteiger partial charge in [-0.1, -0.05) is 12.2 Å². The van der Waals surface area contributed by atoms with E-state index >= 15 is 0 Å². The van der Waals surface area contributed by atoms with E-state index in [9.17, 15) is 29.3 Å². The van der Waals surface area contributed by atoms with E-state index in [1.807, 2.05) is 0 Å². The van der Waals surface area contributed by atoms with Crippen molar-refractivity contribution in [1.82, 2.24) is 0 Å². The number of nitrogens with zero attached hydrogens (tertiary/aromatic N) is 3. The summed E-state index contributed by atoms with van der Waals surface area (Å²) in [6.07, 6.45) is 5.27. The number of hydrogen-bond acceptors (Lipinski definition) is 8. The van der Waals surface area contributed by atoms with E-state index < -0.39 is 16.8 Å². The first-order valence-corrected chi connectivity index (χ1v) is 13.3. The van der Waals surface area contributed by atoms with E-state index in [4.69, 9.17) is 9.47 Å². The Bertz CT molecular complexity index is 1480. The van der Waals surface area contributed by atoms with E-state index in [0.717, 1.165) is 6.42 Å². The van der Waals surface area contributed by atoms with E-state index in [1.54, 1.807) is 12.1 Å². The van der Waals surface area contributed by atoms with Crippen LogP contribution < -0.4 is 19.3 Å². The van der Waals surface area contributed by atoms with Crippen molar-refractivity contribution in [1.29, 1.82) is 0 Å². The number of non-ortho nitro benzene ring substituents is 1. The number of hydrogen-bond donors (Lipinski definition) is 0. The van der Waals surface area contributed by atoms with E-state index in [-0.39, 0.29) is 71.5 Å². The predicted molar refractivity (Wildman–Crippen MR) is 139 cm³/mol. The maximum absolute atomic E-state index is 13.3. The normalized spacial score (nSPS) is 31.3. The van der Waals surface area contributed by atoms with E-state index in [2.05, 4.69) is 12.2 Å². The molecule has 2 heterocycles. The highest BCUT2D eigenvalue weighted by Crippen LogP contribution is 2.65. The van der Waals surface area contributed by atoms with Gasteiger partial charge in [-0.15, -0.1) is 0 Å². The Labute approximate surface area is 228 Å². The third-order valence-electron chi connectivity index (χ3n) is 9.10. The Morgan fingerprint density at radius 1 is 0.975 bits per heavy atom. The van der Waals surface area contributed by atoms with Crippen molar-refractivity contribution in [3.8, 4) is 11.5 Å². The number of benzene rings is 2. The van der Waals surface area contributed by atoms with Gasteiger partial charge in [0.25, 0.3) is 5.69 Å². The van der Waals surface area contributed by atoms with Crippen LogP contribution in [0, 0.1) is 51.5 Å². The van der Waals surface area contributed by atoms with Gasteiger partial charge in [0.2, 0.25) is 17.7 Å². The molecule has 7 atom stereocenters. The summed E-state index contributed by atoms with van der Waals surface area (Å²) in [4.78, 5) is 65.4. The fourth-order valence-electron chi connectivity index (χ4n) is 7.18. The molecule has 2 aromatic rings. The van der Waals surface area contributed by atoms with Gasteiger partial charge in [0.1, 0.15) is 11.5 Å². The van der Waals surface area contributed by atoms with Crippen LogP contribution in [0.5, 0.6) is 11.5 Å². The molecule has 6 aliphatic rings. The number of amides is 3. The van der Waals surface area contributed by atoms with Crippen molar-refractivity contribution in [3.63, 3.8) is 0 Å². The Morgan fingerprint density at radius 2 is 1.62 bits per heavy atom. The number of carbonyl (C=O) groups is 4. The number of nitro benzene ring substituents is 1. The molecule has 11 nitrogen and oxygen atoms in total. The summed E-state index contributed by atoms with van der Waals surface area (Å²) in [6.45, 7) is 0.0296. The fourth-order valence-corrected chi connectivity index (χ4v) is 7.18. The van der Waals surface area contributed by atoms with Gasteiger partial charge >= 0.3 is 5.97 Å². The van der Waals surface area contributed by atoms with Crippen molar-refractivity contribution in [2.24, 2.45) is 41.4 Å². The third-order valence-corrected chi connectivity index (χ3v) is 9.10. The molecule has 4 fully saturated rings. The van der Waals surface area contributed by atoms with Crippen LogP contribution in [0.25, 0.3) is 0 Å². The molecule has 2 aromatic carbocycles. The fraction of sp³-hybridized carbons (Fsp3) is 0.379. The van der Waals surface area contributed by atoms with Crippen molar-refractivity contribution in [2.75, 3.05) is 23.5 Å². The summed E-state index contributed by atoms with van der Waals surface area (Å²) in [5.74, 6) is -0.888. The van der Waals surface area contributed by atoms with Crippen LogP contribution in [0.4, 0.5) is 17.1 Å². The smallest absolute Gasteiger partial charge is 0.316 e. The van der Waals surface area contributed by atoms with Crippen LogP contribution in [0.15, 0.2) is 54.6 Å². The average molecular weight is 544 g/mol. The van der Waals surface area contributed by atoms with Gasteiger partial charge in [0, 0.05) is 19.0 Å². The molecule has 204 valence electrons. The number of esters is 1. The highest BCUT2D eigenvalue weighted by Gasteiger charge is 2.67. The second-order valence-electron chi connectivity index (χ2n) is 11.1. The summed E-state index contributed by atoms with van der Waals surface area (Å²) in [7, 11) is 1.35. The Morgan fingerprint density at radius 3 is 2.23 bits per heavy atom. The van der Waals surface area contributed by atoms with Gasteiger partial charge in [0.05, 0.1) is 47.2 Å². The van der Waals surface area contributed by atoms with Crippen LogP contribution in [0.2, 0.25) is 0 Å². The molecular weight excluding hydrogens is 518 g/mol. The number of methoxy groups -OCH3 is 1. The molecule has 40 heavy (non-hydrogen) atoms. The first-order valence-electron chi connectivity index (χ1n) is 13.3. The van der Waals surface area contributed by atoms with Crippen molar-refractivity contribution in [3.05, 3.63) is 64.7 Å². The summed E-state index contributed by atoms with van der Waals surface area (Å²) in [5, 5.41) is 11.1. The zero-order chi connectivity index (χ0) is 27.9. The number of carbonyl (C=O) groups excluding carboxylic acids is 4. The zero-order valence-corrected chi connectivity index (χ0v) is 21.5. The molecule has 2 saturated carbocycles. The second-order valence-corrected chi connectivity index (χ2v) is 11.1.